The summed E-state index contributed by atoms with van der Waals surface area (Å²) in [5.74, 6) is 1.10. The summed E-state index contributed by atoms with van der Waals surface area (Å²) in [6.07, 6.45) is 4.19. The number of benzene rings is 1. The highest BCUT2D eigenvalue weighted by Gasteiger charge is 2.29. The van der Waals surface area contributed by atoms with Crippen molar-refractivity contribution in [1.29, 1.82) is 5.26 Å². The van der Waals surface area contributed by atoms with Crippen molar-refractivity contribution in [2.45, 2.75) is 25.3 Å². The first-order valence-electron chi connectivity index (χ1n) is 6.12. The van der Waals surface area contributed by atoms with E-state index in [2.05, 4.69) is 26.1 Å². The molecule has 3 rings (SSSR count). The molecule has 1 saturated carbocycles. The van der Waals surface area contributed by atoms with E-state index in [1.165, 1.54) is 17.0 Å². The van der Waals surface area contributed by atoms with Gasteiger partial charge in [-0.1, -0.05) is 5.16 Å². The molecule has 1 heterocycles. The van der Waals surface area contributed by atoms with Gasteiger partial charge in [0.25, 0.3) is 0 Å². The molecule has 0 radical (unpaired) electrons. The number of halogens is 2. The van der Waals surface area contributed by atoms with Crippen LogP contribution in [0.1, 0.15) is 30.5 Å². The van der Waals surface area contributed by atoms with Gasteiger partial charge in [0.2, 0.25) is 5.89 Å². The maximum Gasteiger partial charge on any atom is 0.229 e. The summed E-state index contributed by atoms with van der Waals surface area (Å²) in [7, 11) is 0. The number of anilines is 1. The first-order valence-corrected chi connectivity index (χ1v) is 6.91. The van der Waals surface area contributed by atoms with Crippen LogP contribution in [0.4, 0.5) is 10.1 Å². The van der Waals surface area contributed by atoms with Gasteiger partial charge in [-0.3, -0.25) is 4.90 Å². The lowest BCUT2D eigenvalue weighted by Gasteiger charge is -2.13. The topological polar surface area (TPSA) is 66.0 Å². The molecule has 0 unspecified atom stereocenters. The zero-order valence-corrected chi connectivity index (χ0v) is 12.0. The van der Waals surface area contributed by atoms with Crippen molar-refractivity contribution < 1.29 is 8.91 Å². The maximum absolute atomic E-state index is 13.2. The lowest BCUT2D eigenvalue weighted by atomic mass is 10.3. The molecular formula is C13H10BrFN4O. The first kappa shape index (κ1) is 13.1. The van der Waals surface area contributed by atoms with E-state index in [4.69, 9.17) is 4.52 Å². The Labute approximate surface area is 123 Å². The summed E-state index contributed by atoms with van der Waals surface area (Å²) in [4.78, 5) is 5.65. The van der Waals surface area contributed by atoms with E-state index < -0.39 is 0 Å². The molecule has 0 spiro atoms. The second kappa shape index (κ2) is 5.21. The summed E-state index contributed by atoms with van der Waals surface area (Å²) in [6, 6.07) is 4.38. The Bertz CT molecular complexity index is 677. The van der Waals surface area contributed by atoms with E-state index >= 15 is 0 Å². The fourth-order valence-electron chi connectivity index (χ4n) is 1.81. The van der Waals surface area contributed by atoms with Crippen LogP contribution >= 0.6 is 15.9 Å². The summed E-state index contributed by atoms with van der Waals surface area (Å²) < 4.78 is 18.7. The molecular weight excluding hydrogens is 327 g/mol. The molecule has 1 aromatic carbocycles. The largest absolute Gasteiger partial charge is 0.339 e. The summed E-state index contributed by atoms with van der Waals surface area (Å²) in [5, 5.41) is 13.1. The van der Waals surface area contributed by atoms with Gasteiger partial charge < -0.3 is 4.52 Å². The van der Waals surface area contributed by atoms with Gasteiger partial charge in [-0.2, -0.15) is 10.2 Å². The van der Waals surface area contributed by atoms with Gasteiger partial charge in [-0.15, -0.1) is 0 Å². The Morgan fingerprint density at radius 1 is 1.50 bits per heavy atom. The first-order chi connectivity index (χ1) is 9.67. The van der Waals surface area contributed by atoms with Crippen LogP contribution < -0.4 is 4.90 Å². The molecule has 1 fully saturated rings. The van der Waals surface area contributed by atoms with Crippen LogP contribution in [0.25, 0.3) is 0 Å². The van der Waals surface area contributed by atoms with Crippen molar-refractivity contribution in [3.8, 4) is 6.19 Å². The van der Waals surface area contributed by atoms with Gasteiger partial charge in [-0.25, -0.2) is 4.39 Å². The lowest BCUT2D eigenvalue weighted by Crippen LogP contribution is -2.16. The van der Waals surface area contributed by atoms with Crippen LogP contribution in [0.3, 0.4) is 0 Å². The summed E-state index contributed by atoms with van der Waals surface area (Å²) in [6.45, 7) is 0.199. The zero-order valence-electron chi connectivity index (χ0n) is 10.4. The average Bonchev–Trinajstić information content (AvgIpc) is 3.19. The molecule has 0 amide bonds. The number of nitriles is 1. The summed E-state index contributed by atoms with van der Waals surface area (Å²) in [5.41, 5.74) is 0.568. The third-order valence-corrected chi connectivity index (χ3v) is 3.65. The molecule has 5 nitrogen and oxygen atoms in total. The van der Waals surface area contributed by atoms with E-state index in [0.717, 1.165) is 12.8 Å². The van der Waals surface area contributed by atoms with Gasteiger partial charge >= 0.3 is 0 Å². The minimum Gasteiger partial charge on any atom is -0.339 e. The number of aromatic nitrogens is 2. The van der Waals surface area contributed by atoms with E-state index in [0.29, 0.717) is 27.8 Å². The van der Waals surface area contributed by atoms with Gasteiger partial charge in [0, 0.05) is 5.92 Å². The van der Waals surface area contributed by atoms with Gasteiger partial charge in [0.1, 0.15) is 5.82 Å². The predicted molar refractivity (Wildman–Crippen MR) is 72.2 cm³/mol. The van der Waals surface area contributed by atoms with Crippen molar-refractivity contribution in [2.24, 2.45) is 0 Å². The van der Waals surface area contributed by atoms with Crippen molar-refractivity contribution >= 4 is 21.6 Å². The van der Waals surface area contributed by atoms with Crippen LogP contribution in [-0.2, 0) is 6.54 Å². The van der Waals surface area contributed by atoms with Crippen molar-refractivity contribution in [1.82, 2.24) is 10.1 Å². The second-order valence-electron chi connectivity index (χ2n) is 4.61. The van der Waals surface area contributed by atoms with E-state index in [-0.39, 0.29) is 12.4 Å². The van der Waals surface area contributed by atoms with Gasteiger partial charge in [-0.05, 0) is 47.0 Å². The normalized spacial score (nSPS) is 14.1. The third kappa shape index (κ3) is 2.65. The third-order valence-electron chi connectivity index (χ3n) is 3.05. The Kier molecular flexibility index (Phi) is 3.40. The van der Waals surface area contributed by atoms with E-state index in [9.17, 15) is 9.65 Å². The maximum atomic E-state index is 13.2. The monoisotopic (exact) mass is 336 g/mol. The Morgan fingerprint density at radius 3 is 2.95 bits per heavy atom. The van der Waals surface area contributed by atoms with Crippen LogP contribution in [0.5, 0.6) is 0 Å². The predicted octanol–water partition coefficient (Wildman–Crippen LogP) is 3.34. The fourth-order valence-corrected chi connectivity index (χ4v) is 2.17. The van der Waals surface area contributed by atoms with Crippen molar-refractivity contribution in [2.75, 3.05) is 4.90 Å². The summed E-state index contributed by atoms with van der Waals surface area (Å²) >= 11 is 3.10. The Hall–Kier alpha value is -1.94. The van der Waals surface area contributed by atoms with Crippen LogP contribution in [0.2, 0.25) is 0 Å². The molecule has 0 bridgehead atoms. The molecule has 1 aromatic heterocycles. The van der Waals surface area contributed by atoms with Crippen LogP contribution in [-0.4, -0.2) is 10.1 Å². The van der Waals surface area contributed by atoms with Gasteiger partial charge in [0.05, 0.1) is 16.7 Å². The SMILES string of the molecule is N#CN(Cc1noc(C2CC2)n1)c1ccc(F)c(Br)c1. The standard InChI is InChI=1S/C13H10BrFN4O/c14-10-5-9(3-4-11(10)15)19(7-16)6-12-17-13(20-18-12)8-1-2-8/h3-5,8H,1-2,6H2. The number of hydrogen-bond acceptors (Lipinski definition) is 5. The van der Waals surface area contributed by atoms with Crippen LogP contribution in [0, 0.1) is 17.3 Å². The second-order valence-corrected chi connectivity index (χ2v) is 5.46. The minimum atomic E-state index is -0.373. The number of nitrogens with zero attached hydrogens (tertiary/aromatic N) is 4. The molecule has 102 valence electrons. The molecule has 0 aliphatic heterocycles. The fraction of sp³-hybridized carbons (Fsp3) is 0.308. The highest BCUT2D eigenvalue weighted by atomic mass is 79.9. The quantitative estimate of drug-likeness (QED) is 0.632. The van der Waals surface area contributed by atoms with Gasteiger partial charge in [0.15, 0.2) is 12.0 Å². The molecule has 2 aromatic rings. The average molecular weight is 337 g/mol. The zero-order chi connectivity index (χ0) is 14.1. The smallest absolute Gasteiger partial charge is 0.229 e. The molecule has 1 aliphatic carbocycles. The molecule has 0 N–H and O–H groups in total. The number of hydrogen-bond donors (Lipinski definition) is 0. The number of rotatable bonds is 4. The van der Waals surface area contributed by atoms with E-state index in [1.807, 2.05) is 6.19 Å². The molecule has 20 heavy (non-hydrogen) atoms. The van der Waals surface area contributed by atoms with Crippen molar-refractivity contribution in [3.05, 3.63) is 40.2 Å². The van der Waals surface area contributed by atoms with Crippen LogP contribution in [0.15, 0.2) is 27.2 Å². The highest BCUT2D eigenvalue weighted by molar-refractivity contribution is 9.10. The minimum absolute atomic E-state index is 0.199. The van der Waals surface area contributed by atoms with Crippen molar-refractivity contribution in [3.63, 3.8) is 0 Å². The Balaban J connectivity index is 1.78. The highest BCUT2D eigenvalue weighted by Crippen LogP contribution is 2.38. The Morgan fingerprint density at radius 2 is 2.30 bits per heavy atom. The molecule has 7 heteroatoms. The van der Waals surface area contributed by atoms with E-state index in [1.54, 1.807) is 6.07 Å². The molecule has 0 atom stereocenters. The molecule has 1 aliphatic rings. The molecule has 0 saturated heterocycles. The lowest BCUT2D eigenvalue weighted by molar-refractivity contribution is 0.374.